The van der Waals surface area contributed by atoms with Crippen molar-refractivity contribution in [2.75, 3.05) is 13.2 Å². The summed E-state index contributed by atoms with van der Waals surface area (Å²) in [5, 5.41) is 2.59. The Balaban J connectivity index is 2.10. The second kappa shape index (κ2) is 3.94. The molecule has 0 unspecified atom stereocenters. The van der Waals surface area contributed by atoms with Gasteiger partial charge < -0.3 is 10.1 Å². The van der Waals surface area contributed by atoms with Crippen molar-refractivity contribution in [3.05, 3.63) is 35.4 Å². The van der Waals surface area contributed by atoms with Gasteiger partial charge in [0.1, 0.15) is 11.6 Å². The van der Waals surface area contributed by atoms with E-state index >= 15 is 0 Å². The van der Waals surface area contributed by atoms with Crippen LogP contribution in [-0.4, -0.2) is 25.2 Å². The van der Waals surface area contributed by atoms with E-state index in [1.807, 2.05) is 0 Å². The molecule has 80 valence electrons. The number of ether oxygens (including phenoxy) is 1. The summed E-state index contributed by atoms with van der Waals surface area (Å²) in [7, 11) is 0. The van der Waals surface area contributed by atoms with Gasteiger partial charge in [0.2, 0.25) is 0 Å². The summed E-state index contributed by atoms with van der Waals surface area (Å²) >= 11 is 0. The van der Waals surface area contributed by atoms with E-state index in [2.05, 4.69) is 5.32 Å². The van der Waals surface area contributed by atoms with Crippen LogP contribution in [0.4, 0.5) is 8.78 Å². The second-order valence-corrected chi connectivity index (χ2v) is 3.37. The van der Waals surface area contributed by atoms with E-state index in [0.717, 1.165) is 18.2 Å². The van der Waals surface area contributed by atoms with E-state index in [4.69, 9.17) is 4.74 Å². The van der Waals surface area contributed by atoms with Gasteiger partial charge in [-0.1, -0.05) is 0 Å². The summed E-state index contributed by atoms with van der Waals surface area (Å²) in [5.41, 5.74) is -0.0144. The number of hydrogen-bond donors (Lipinski definition) is 1. The second-order valence-electron chi connectivity index (χ2n) is 3.37. The lowest BCUT2D eigenvalue weighted by molar-refractivity contribution is -0.00347. The topological polar surface area (TPSA) is 38.3 Å². The zero-order valence-corrected chi connectivity index (χ0v) is 7.80. The number of halogens is 2. The highest BCUT2D eigenvalue weighted by atomic mass is 19.1. The largest absolute Gasteiger partial charge is 0.377 e. The summed E-state index contributed by atoms with van der Waals surface area (Å²) in [6.07, 6.45) is 0. The fraction of sp³-hybridized carbons (Fsp3) is 0.300. The lowest BCUT2D eigenvalue weighted by Crippen LogP contribution is -2.48. The Morgan fingerprint density at radius 2 is 1.87 bits per heavy atom. The van der Waals surface area contributed by atoms with Crippen LogP contribution in [0.25, 0.3) is 0 Å². The van der Waals surface area contributed by atoms with Crippen molar-refractivity contribution in [3.8, 4) is 0 Å². The molecule has 1 N–H and O–H groups in total. The predicted molar refractivity (Wildman–Crippen MR) is 48.4 cm³/mol. The first-order chi connectivity index (χ1) is 7.15. The van der Waals surface area contributed by atoms with Gasteiger partial charge in [0.05, 0.1) is 19.3 Å². The van der Waals surface area contributed by atoms with Crippen LogP contribution in [-0.2, 0) is 4.74 Å². The molecule has 0 radical (unpaired) electrons. The van der Waals surface area contributed by atoms with Gasteiger partial charge in [0.25, 0.3) is 5.91 Å². The van der Waals surface area contributed by atoms with Crippen molar-refractivity contribution >= 4 is 5.91 Å². The van der Waals surface area contributed by atoms with Gasteiger partial charge in [-0.3, -0.25) is 4.79 Å². The number of carbonyl (C=O) groups excluding carboxylic acids is 1. The van der Waals surface area contributed by atoms with E-state index in [-0.39, 0.29) is 11.6 Å². The summed E-state index contributed by atoms with van der Waals surface area (Å²) in [4.78, 5) is 11.5. The number of benzene rings is 1. The number of amides is 1. The smallest absolute Gasteiger partial charge is 0.251 e. The zero-order chi connectivity index (χ0) is 10.8. The van der Waals surface area contributed by atoms with Crippen molar-refractivity contribution in [3.63, 3.8) is 0 Å². The quantitative estimate of drug-likeness (QED) is 0.798. The number of nitrogens with one attached hydrogen (secondary N) is 1. The Morgan fingerprint density at radius 1 is 1.27 bits per heavy atom. The lowest BCUT2D eigenvalue weighted by atomic mass is 10.1. The molecule has 0 atom stereocenters. The molecule has 0 saturated carbocycles. The predicted octanol–water partition coefficient (Wildman–Crippen LogP) is 1.09. The van der Waals surface area contributed by atoms with Gasteiger partial charge in [-0.05, 0) is 12.1 Å². The molecule has 2 rings (SSSR count). The van der Waals surface area contributed by atoms with E-state index in [9.17, 15) is 13.6 Å². The van der Waals surface area contributed by atoms with Crippen molar-refractivity contribution in [2.24, 2.45) is 0 Å². The standard InChI is InChI=1S/C10H9F2NO2/c11-7-1-6(2-8(12)3-7)10(14)13-9-4-15-5-9/h1-3,9H,4-5H2,(H,13,14). The molecule has 1 amide bonds. The van der Waals surface area contributed by atoms with E-state index < -0.39 is 17.5 Å². The first kappa shape index (κ1) is 10.0. The van der Waals surface area contributed by atoms with Crippen LogP contribution in [0.15, 0.2) is 18.2 Å². The normalized spacial score (nSPS) is 15.9. The Kier molecular flexibility index (Phi) is 2.64. The summed E-state index contributed by atoms with van der Waals surface area (Å²) in [6.45, 7) is 0.896. The molecular formula is C10H9F2NO2. The number of carbonyl (C=O) groups is 1. The number of hydrogen-bond acceptors (Lipinski definition) is 2. The molecule has 1 saturated heterocycles. The molecule has 0 bridgehead atoms. The van der Waals surface area contributed by atoms with Crippen molar-refractivity contribution in [2.45, 2.75) is 6.04 Å². The fourth-order valence-corrected chi connectivity index (χ4v) is 1.27. The molecule has 1 aromatic rings. The van der Waals surface area contributed by atoms with Crippen LogP contribution >= 0.6 is 0 Å². The number of rotatable bonds is 2. The zero-order valence-electron chi connectivity index (χ0n) is 7.80. The summed E-state index contributed by atoms with van der Waals surface area (Å²) < 4.78 is 30.4. The van der Waals surface area contributed by atoms with Gasteiger partial charge in [0, 0.05) is 11.6 Å². The van der Waals surface area contributed by atoms with Gasteiger partial charge in [-0.15, -0.1) is 0 Å². The molecular weight excluding hydrogens is 204 g/mol. The van der Waals surface area contributed by atoms with Crippen LogP contribution in [0.2, 0.25) is 0 Å². The minimum absolute atomic E-state index is 0.0144. The Morgan fingerprint density at radius 3 is 2.33 bits per heavy atom. The molecule has 5 heteroatoms. The molecule has 0 aliphatic carbocycles. The van der Waals surface area contributed by atoms with Gasteiger partial charge >= 0.3 is 0 Å². The van der Waals surface area contributed by atoms with Crippen LogP contribution < -0.4 is 5.32 Å². The third kappa shape index (κ3) is 2.30. The van der Waals surface area contributed by atoms with E-state index in [1.165, 1.54) is 0 Å². The molecule has 3 nitrogen and oxygen atoms in total. The first-order valence-electron chi connectivity index (χ1n) is 4.50. The van der Waals surface area contributed by atoms with Gasteiger partial charge in [-0.2, -0.15) is 0 Å². The monoisotopic (exact) mass is 213 g/mol. The molecule has 1 aromatic carbocycles. The molecule has 1 aliphatic rings. The Bertz CT molecular complexity index is 371. The highest BCUT2D eigenvalue weighted by molar-refractivity contribution is 5.94. The average Bonchev–Trinajstić information content (AvgIpc) is 2.09. The van der Waals surface area contributed by atoms with Crippen LogP contribution in [0, 0.1) is 11.6 Å². The van der Waals surface area contributed by atoms with E-state index in [1.54, 1.807) is 0 Å². The van der Waals surface area contributed by atoms with E-state index in [0.29, 0.717) is 13.2 Å². The summed E-state index contributed by atoms with van der Waals surface area (Å²) in [5.74, 6) is -2.00. The maximum Gasteiger partial charge on any atom is 0.251 e. The third-order valence-electron chi connectivity index (χ3n) is 2.10. The Labute approximate surface area is 85.0 Å². The van der Waals surface area contributed by atoms with Gasteiger partial charge in [0.15, 0.2) is 0 Å². The van der Waals surface area contributed by atoms with Crippen LogP contribution in [0.1, 0.15) is 10.4 Å². The van der Waals surface area contributed by atoms with Crippen molar-refractivity contribution < 1.29 is 18.3 Å². The SMILES string of the molecule is O=C(NC1COC1)c1cc(F)cc(F)c1. The third-order valence-corrected chi connectivity index (χ3v) is 2.10. The molecule has 1 fully saturated rings. The molecule has 0 spiro atoms. The fourth-order valence-electron chi connectivity index (χ4n) is 1.27. The van der Waals surface area contributed by atoms with Crippen molar-refractivity contribution in [1.82, 2.24) is 5.32 Å². The highest BCUT2D eigenvalue weighted by Gasteiger charge is 2.21. The minimum atomic E-state index is -0.759. The first-order valence-corrected chi connectivity index (χ1v) is 4.50. The van der Waals surface area contributed by atoms with Crippen LogP contribution in [0.5, 0.6) is 0 Å². The average molecular weight is 213 g/mol. The van der Waals surface area contributed by atoms with Gasteiger partial charge in [-0.25, -0.2) is 8.78 Å². The molecule has 1 heterocycles. The Hall–Kier alpha value is -1.49. The highest BCUT2D eigenvalue weighted by Crippen LogP contribution is 2.09. The van der Waals surface area contributed by atoms with Crippen LogP contribution in [0.3, 0.4) is 0 Å². The lowest BCUT2D eigenvalue weighted by Gasteiger charge is -2.26. The molecule has 15 heavy (non-hydrogen) atoms. The summed E-state index contributed by atoms with van der Waals surface area (Å²) in [6, 6.07) is 2.67. The molecule has 0 aromatic heterocycles. The minimum Gasteiger partial charge on any atom is -0.377 e. The van der Waals surface area contributed by atoms with Crippen molar-refractivity contribution in [1.29, 1.82) is 0 Å². The molecule has 1 aliphatic heterocycles. The maximum atomic E-state index is 12.8. The maximum absolute atomic E-state index is 12.8.